The molecule has 5 heterocycles. The average molecular weight is 810 g/mol. The highest BCUT2D eigenvalue weighted by Gasteiger charge is 2.45. The molecular weight excluding hydrogens is 758 g/mol. The molecule has 12 nitrogen and oxygen atoms in total. The van der Waals surface area contributed by atoms with Crippen LogP contribution in [0.4, 0.5) is 15.9 Å². The van der Waals surface area contributed by atoms with E-state index in [0.717, 1.165) is 76.4 Å². The quantitative estimate of drug-likeness (QED) is 0.153. The van der Waals surface area contributed by atoms with Crippen LogP contribution in [0.5, 0.6) is 6.01 Å². The van der Waals surface area contributed by atoms with Gasteiger partial charge in [0.05, 0.1) is 35.8 Å². The molecule has 1 saturated heterocycles. The van der Waals surface area contributed by atoms with E-state index < -0.39 is 11.8 Å². The van der Waals surface area contributed by atoms with Crippen LogP contribution >= 0.6 is 0 Å². The molecule has 1 unspecified atom stereocenters. The van der Waals surface area contributed by atoms with E-state index in [1.807, 2.05) is 34.8 Å². The molecule has 3 atom stereocenters. The average Bonchev–Trinajstić information content (AvgIpc) is 3.74. The number of likely N-dealkylation sites (N-methyl/N-ethyl adjacent to an activating group) is 1. The fourth-order valence-electron chi connectivity index (χ4n) is 9.59. The molecule has 1 amide bonds. The zero-order valence-electron chi connectivity index (χ0n) is 34.7. The van der Waals surface area contributed by atoms with E-state index in [2.05, 4.69) is 81.6 Å². The Bertz CT molecular complexity index is 2360. The Kier molecular flexibility index (Phi) is 11.0. The monoisotopic (exact) mass is 809 g/mol. The van der Waals surface area contributed by atoms with Crippen LogP contribution in [0.1, 0.15) is 80.9 Å². The van der Waals surface area contributed by atoms with Gasteiger partial charge in [-0.3, -0.25) is 14.4 Å². The fourth-order valence-corrected chi connectivity index (χ4v) is 9.59. The summed E-state index contributed by atoms with van der Waals surface area (Å²) in [6.45, 7) is 4.03. The minimum absolute atomic E-state index is 0.0884. The number of rotatable bonds is 10. The Morgan fingerprint density at radius 3 is 2.45 bits per heavy atom. The first kappa shape index (κ1) is 39.6. The third-order valence-corrected chi connectivity index (χ3v) is 12.6. The number of aromatic nitrogens is 4. The van der Waals surface area contributed by atoms with Crippen molar-refractivity contribution in [2.24, 2.45) is 0 Å². The van der Waals surface area contributed by atoms with Gasteiger partial charge in [-0.25, -0.2) is 4.39 Å². The van der Waals surface area contributed by atoms with Gasteiger partial charge in [0.2, 0.25) is 0 Å². The molecule has 1 aliphatic carbocycles. The molecule has 3 aliphatic heterocycles. The molecule has 0 bridgehead atoms. The first-order chi connectivity index (χ1) is 29.2. The standard InChI is InChI=1S/C47H52FN9O3/c1-53(2)45(58)40-23-36-29-55(20-11-21-57(36)52-40)44-39-31-60-47(24-41(39)50-46(51-44)59-30-37-22-35(48)28-54(37)3)19-10-16-34-17-18-42(38(25-49)43(34)47)56(26-32-12-6-4-7-13-32)27-33-14-8-5-9-15-33/h4-9,12-15,17-18,23,35,37H,10-11,16,19-22,24,26-31H2,1-3H3/t35-,37+,47?/m1/s1. The molecule has 3 aromatic carbocycles. The first-order valence-corrected chi connectivity index (χ1v) is 21.1. The van der Waals surface area contributed by atoms with Gasteiger partial charge in [0.15, 0.2) is 5.69 Å². The molecule has 4 aliphatic rings. The lowest BCUT2D eigenvalue weighted by Gasteiger charge is -2.44. The highest BCUT2D eigenvalue weighted by Crippen LogP contribution is 2.49. The lowest BCUT2D eigenvalue weighted by Crippen LogP contribution is -2.42. The molecule has 9 rings (SSSR count). The van der Waals surface area contributed by atoms with Gasteiger partial charge in [0, 0.05) is 70.4 Å². The fraction of sp³-hybridized carbons (Fsp3) is 0.426. The van der Waals surface area contributed by atoms with Crippen LogP contribution in [0.3, 0.4) is 0 Å². The number of aryl methyl sites for hydroxylation is 2. The Morgan fingerprint density at radius 1 is 1.02 bits per heavy atom. The normalized spacial score (nSPS) is 21.1. The Labute approximate surface area is 351 Å². The van der Waals surface area contributed by atoms with E-state index in [9.17, 15) is 14.4 Å². The topological polar surface area (TPSA) is 116 Å². The lowest BCUT2D eigenvalue weighted by atomic mass is 9.72. The van der Waals surface area contributed by atoms with Gasteiger partial charge in [0.25, 0.3) is 5.91 Å². The number of ether oxygens (including phenoxy) is 2. The number of alkyl halides is 1. The first-order valence-electron chi connectivity index (χ1n) is 21.1. The predicted molar refractivity (Wildman–Crippen MR) is 226 cm³/mol. The Morgan fingerprint density at radius 2 is 1.77 bits per heavy atom. The predicted octanol–water partition coefficient (Wildman–Crippen LogP) is 6.59. The number of carbonyl (C=O) groups excluding carboxylic acids is 1. The minimum Gasteiger partial charge on any atom is -0.462 e. The van der Waals surface area contributed by atoms with Crippen LogP contribution in [0.2, 0.25) is 0 Å². The maximum atomic E-state index is 14.4. The van der Waals surface area contributed by atoms with E-state index in [4.69, 9.17) is 19.4 Å². The summed E-state index contributed by atoms with van der Waals surface area (Å²) in [5.41, 5.74) is 8.19. The lowest BCUT2D eigenvalue weighted by molar-refractivity contribution is -0.0857. The number of hydrogen-bond acceptors (Lipinski definition) is 10. The smallest absolute Gasteiger partial charge is 0.318 e. The van der Waals surface area contributed by atoms with Gasteiger partial charge in [0.1, 0.15) is 30.3 Å². The van der Waals surface area contributed by atoms with E-state index in [0.29, 0.717) is 63.4 Å². The summed E-state index contributed by atoms with van der Waals surface area (Å²) in [5.74, 6) is 0.588. The molecule has 1 fully saturated rings. The van der Waals surface area contributed by atoms with Gasteiger partial charge in [-0.1, -0.05) is 66.7 Å². The van der Waals surface area contributed by atoms with Crippen LogP contribution < -0.4 is 14.5 Å². The second-order valence-electron chi connectivity index (χ2n) is 17.0. The minimum atomic E-state index is -0.895. The highest BCUT2D eigenvalue weighted by atomic mass is 19.1. The van der Waals surface area contributed by atoms with Crippen molar-refractivity contribution in [3.05, 3.63) is 129 Å². The van der Waals surface area contributed by atoms with Crippen molar-refractivity contribution in [1.29, 1.82) is 5.26 Å². The van der Waals surface area contributed by atoms with Crippen molar-refractivity contribution < 1.29 is 18.7 Å². The van der Waals surface area contributed by atoms with Gasteiger partial charge >= 0.3 is 6.01 Å². The number of fused-ring (bicyclic) bond motifs is 4. The molecule has 0 N–H and O–H groups in total. The second-order valence-corrected chi connectivity index (χ2v) is 17.0. The van der Waals surface area contributed by atoms with Gasteiger partial charge in [-0.2, -0.15) is 20.3 Å². The summed E-state index contributed by atoms with van der Waals surface area (Å²) in [6, 6.07) is 29.8. The van der Waals surface area contributed by atoms with Crippen LogP contribution in [0.25, 0.3) is 0 Å². The second kappa shape index (κ2) is 16.7. The van der Waals surface area contributed by atoms with Crippen molar-refractivity contribution in [2.75, 3.05) is 50.6 Å². The summed E-state index contributed by atoms with van der Waals surface area (Å²) in [7, 11) is 5.38. The number of nitrogens with zero attached hydrogens (tertiary/aromatic N) is 9. The van der Waals surface area contributed by atoms with Gasteiger partial charge in [-0.05, 0) is 68.0 Å². The largest absolute Gasteiger partial charge is 0.462 e. The van der Waals surface area contributed by atoms with Crippen molar-refractivity contribution >= 4 is 17.4 Å². The van der Waals surface area contributed by atoms with E-state index >= 15 is 0 Å². The zero-order chi connectivity index (χ0) is 41.4. The number of benzene rings is 3. The summed E-state index contributed by atoms with van der Waals surface area (Å²) in [6.07, 6.45) is 3.24. The molecule has 0 radical (unpaired) electrons. The molecule has 13 heteroatoms. The molecule has 60 heavy (non-hydrogen) atoms. The number of carbonyl (C=O) groups is 1. The number of amides is 1. The van der Waals surface area contributed by atoms with Crippen molar-refractivity contribution in [2.45, 2.75) is 89.1 Å². The molecular formula is C47H52FN9O3. The van der Waals surface area contributed by atoms with E-state index in [-0.39, 0.29) is 31.2 Å². The van der Waals surface area contributed by atoms with Crippen molar-refractivity contribution in [3.8, 4) is 12.1 Å². The van der Waals surface area contributed by atoms with Crippen LogP contribution in [-0.4, -0.2) is 88.5 Å². The molecule has 310 valence electrons. The van der Waals surface area contributed by atoms with Crippen molar-refractivity contribution in [3.63, 3.8) is 0 Å². The maximum Gasteiger partial charge on any atom is 0.318 e. The van der Waals surface area contributed by atoms with Crippen LogP contribution in [-0.2, 0) is 56.0 Å². The summed E-state index contributed by atoms with van der Waals surface area (Å²) >= 11 is 0. The maximum absolute atomic E-state index is 14.4. The Balaban J connectivity index is 1.10. The van der Waals surface area contributed by atoms with Gasteiger partial charge < -0.3 is 24.2 Å². The number of hydrogen-bond donors (Lipinski definition) is 0. The number of nitriles is 1. The summed E-state index contributed by atoms with van der Waals surface area (Å²) in [4.78, 5) is 31.1. The van der Waals surface area contributed by atoms with Crippen molar-refractivity contribution in [1.82, 2.24) is 29.5 Å². The van der Waals surface area contributed by atoms with Crippen LogP contribution in [0, 0.1) is 11.3 Å². The van der Waals surface area contributed by atoms with Gasteiger partial charge in [-0.15, -0.1) is 0 Å². The van der Waals surface area contributed by atoms with Crippen LogP contribution in [0.15, 0.2) is 78.9 Å². The third kappa shape index (κ3) is 7.82. The Hall–Kier alpha value is -5.84. The van der Waals surface area contributed by atoms with E-state index in [1.54, 1.807) is 19.0 Å². The molecule has 5 aromatic rings. The third-order valence-electron chi connectivity index (χ3n) is 12.6. The molecule has 1 spiro atoms. The molecule has 2 aromatic heterocycles. The summed E-state index contributed by atoms with van der Waals surface area (Å²) < 4.78 is 29.9. The number of anilines is 2. The molecule has 0 saturated carbocycles. The zero-order valence-corrected chi connectivity index (χ0v) is 34.7. The highest BCUT2D eigenvalue weighted by molar-refractivity contribution is 5.92. The summed E-state index contributed by atoms with van der Waals surface area (Å²) in [5, 5.41) is 15.8. The van der Waals surface area contributed by atoms with E-state index in [1.165, 1.54) is 0 Å². The number of likely N-dealkylation sites (tertiary alicyclic amines) is 1. The number of halogens is 1. The SMILES string of the molecule is CN(C)C(=O)c1cc2n(n1)CCCN(c1nc(OC[C@@H]3C[C@@H](F)CN3C)nc3c1COC1(CCCc4ccc(N(Cc5ccccc5)Cc5ccccc5)c(C#N)c41)C3)C2.